The largest absolute Gasteiger partial charge is 0.497 e. The quantitative estimate of drug-likeness (QED) is 0.603. The molecule has 0 bridgehead atoms. The fourth-order valence-corrected chi connectivity index (χ4v) is 5.71. The zero-order valence-corrected chi connectivity index (χ0v) is 19.3. The van der Waals surface area contributed by atoms with Crippen LogP contribution in [0.1, 0.15) is 24.5 Å². The lowest BCUT2D eigenvalue weighted by molar-refractivity contribution is -0.162. The molecule has 0 N–H and O–H groups in total. The highest BCUT2D eigenvalue weighted by molar-refractivity contribution is 6.70. The van der Waals surface area contributed by atoms with Gasteiger partial charge in [0.1, 0.15) is 23.2 Å². The first kappa shape index (κ1) is 21.1. The van der Waals surface area contributed by atoms with Gasteiger partial charge in [0, 0.05) is 12.0 Å². The van der Waals surface area contributed by atoms with Crippen molar-refractivity contribution in [3.8, 4) is 11.5 Å². The Labute approximate surface area is 159 Å². The van der Waals surface area contributed by atoms with Crippen LogP contribution in [0.5, 0.6) is 11.5 Å². The lowest BCUT2D eigenvalue weighted by Gasteiger charge is -2.50. The minimum atomic E-state index is -1.98. The molecule has 0 aromatic heterocycles. The van der Waals surface area contributed by atoms with Gasteiger partial charge in [-0.1, -0.05) is 0 Å². The summed E-state index contributed by atoms with van der Waals surface area (Å²) in [6.07, 6.45) is 0.709. The lowest BCUT2D eigenvalue weighted by Crippen LogP contribution is -2.60. The molecule has 0 amide bonds. The highest BCUT2D eigenvalue weighted by atomic mass is 28.4. The molecule has 2 rings (SSSR count). The topological polar surface area (TPSA) is 54.0 Å². The van der Waals surface area contributed by atoms with Crippen molar-refractivity contribution in [3.05, 3.63) is 23.8 Å². The van der Waals surface area contributed by atoms with Crippen LogP contribution in [-0.2, 0) is 13.6 Å². The van der Waals surface area contributed by atoms with Crippen molar-refractivity contribution in [3.63, 3.8) is 0 Å². The summed E-state index contributed by atoms with van der Waals surface area (Å²) in [5.74, 6) is 1.51. The summed E-state index contributed by atoms with van der Waals surface area (Å²) in [5.41, 5.74) is -0.106. The number of carbonyl (C=O) groups excluding carboxylic acids is 1. The molecule has 0 saturated heterocycles. The Morgan fingerprint density at radius 1 is 1.00 bits per heavy atom. The zero-order valence-electron chi connectivity index (χ0n) is 17.3. The molecule has 1 aromatic rings. The summed E-state index contributed by atoms with van der Waals surface area (Å²) in [4.78, 5) is 12.8. The molecule has 1 saturated carbocycles. The Hall–Kier alpha value is -1.16. The molecule has 0 heterocycles. The fraction of sp³-hybridized carbons (Fsp3) is 0.632. The molecule has 2 atom stereocenters. The van der Waals surface area contributed by atoms with Crippen LogP contribution in [0.25, 0.3) is 0 Å². The van der Waals surface area contributed by atoms with E-state index in [1.54, 1.807) is 14.2 Å². The minimum absolute atomic E-state index is 0.119. The number of methoxy groups -OCH3 is 2. The molecule has 7 heteroatoms. The molecule has 2 unspecified atom stereocenters. The van der Waals surface area contributed by atoms with Crippen LogP contribution in [0.15, 0.2) is 18.2 Å². The van der Waals surface area contributed by atoms with Gasteiger partial charge in [0.05, 0.1) is 14.2 Å². The lowest BCUT2D eigenvalue weighted by atomic mass is 9.72. The standard InChI is InChI=1S/C19H32O5Si2/c1-21-14-9-10-16(22-2)15(13-14)18(23-25(3,4)5)19(12-11-17(19)20)24-26(6,7)8/h9-10,13,18H,11-12H2,1-8H3. The summed E-state index contributed by atoms with van der Waals surface area (Å²) < 4.78 is 24.1. The third-order valence-electron chi connectivity index (χ3n) is 4.30. The maximum Gasteiger partial charge on any atom is 0.185 e. The van der Waals surface area contributed by atoms with E-state index in [1.807, 2.05) is 18.2 Å². The van der Waals surface area contributed by atoms with E-state index < -0.39 is 28.3 Å². The van der Waals surface area contributed by atoms with E-state index in [0.29, 0.717) is 24.3 Å². The van der Waals surface area contributed by atoms with Crippen molar-refractivity contribution in [1.29, 1.82) is 0 Å². The summed E-state index contributed by atoms with van der Waals surface area (Å²) in [7, 11) is -0.701. The molecule has 1 fully saturated rings. The molecular formula is C19H32O5Si2. The van der Waals surface area contributed by atoms with Gasteiger partial charge in [0.15, 0.2) is 22.4 Å². The third kappa shape index (κ3) is 4.57. The molecule has 0 spiro atoms. The van der Waals surface area contributed by atoms with Crippen molar-refractivity contribution < 1.29 is 23.1 Å². The second-order valence-electron chi connectivity index (χ2n) is 8.75. The normalized spacial score (nSPS) is 21.9. The first-order chi connectivity index (χ1) is 11.9. The molecule has 0 aliphatic heterocycles. The molecular weight excluding hydrogens is 364 g/mol. The Bertz CT molecular complexity index is 663. The van der Waals surface area contributed by atoms with Crippen molar-refractivity contribution in [2.24, 2.45) is 0 Å². The average Bonchev–Trinajstić information content (AvgIpc) is 2.54. The van der Waals surface area contributed by atoms with Crippen LogP contribution in [0.3, 0.4) is 0 Å². The van der Waals surface area contributed by atoms with Gasteiger partial charge in [-0.2, -0.15) is 0 Å². The van der Waals surface area contributed by atoms with Crippen LogP contribution in [0, 0.1) is 0 Å². The summed E-state index contributed by atoms with van der Waals surface area (Å²) in [6, 6.07) is 5.62. The first-order valence-corrected chi connectivity index (χ1v) is 15.9. The van der Waals surface area contributed by atoms with Crippen LogP contribution >= 0.6 is 0 Å². The Kier molecular flexibility index (Phi) is 6.07. The van der Waals surface area contributed by atoms with E-state index in [1.165, 1.54) is 0 Å². The van der Waals surface area contributed by atoms with Gasteiger partial charge in [-0.3, -0.25) is 4.79 Å². The molecule has 5 nitrogen and oxygen atoms in total. The van der Waals surface area contributed by atoms with E-state index in [4.69, 9.17) is 18.3 Å². The molecule has 1 aliphatic rings. The van der Waals surface area contributed by atoms with Gasteiger partial charge < -0.3 is 18.3 Å². The maximum atomic E-state index is 12.8. The number of ketones is 1. The Balaban J connectivity index is 2.62. The minimum Gasteiger partial charge on any atom is -0.497 e. The number of ether oxygens (including phenoxy) is 2. The van der Waals surface area contributed by atoms with Gasteiger partial charge in [0.25, 0.3) is 0 Å². The Morgan fingerprint density at radius 2 is 1.65 bits per heavy atom. The molecule has 1 aliphatic carbocycles. The maximum absolute atomic E-state index is 12.8. The predicted octanol–water partition coefficient (Wildman–Crippen LogP) is 4.55. The molecule has 146 valence electrons. The molecule has 1 aromatic carbocycles. The van der Waals surface area contributed by atoms with Gasteiger partial charge in [-0.05, 0) is 63.9 Å². The van der Waals surface area contributed by atoms with Crippen molar-refractivity contribution >= 4 is 22.4 Å². The zero-order chi connectivity index (χ0) is 19.8. The number of hydrogen-bond acceptors (Lipinski definition) is 5. The van der Waals surface area contributed by atoms with Crippen molar-refractivity contribution in [2.45, 2.75) is 63.8 Å². The summed E-state index contributed by atoms with van der Waals surface area (Å²) >= 11 is 0. The van der Waals surface area contributed by atoms with E-state index in [9.17, 15) is 4.79 Å². The van der Waals surface area contributed by atoms with Gasteiger partial charge in [-0.25, -0.2) is 0 Å². The van der Waals surface area contributed by atoms with E-state index in [-0.39, 0.29) is 5.78 Å². The van der Waals surface area contributed by atoms with Crippen LogP contribution in [0.4, 0.5) is 0 Å². The van der Waals surface area contributed by atoms with Gasteiger partial charge in [-0.15, -0.1) is 0 Å². The number of Topliss-reactive ketones (excluding diaryl/α,β-unsaturated/α-hetero) is 1. The highest BCUT2D eigenvalue weighted by Gasteiger charge is 2.57. The number of rotatable bonds is 8. The third-order valence-corrected chi connectivity index (χ3v) is 6.22. The van der Waals surface area contributed by atoms with Crippen molar-refractivity contribution in [1.82, 2.24) is 0 Å². The van der Waals surface area contributed by atoms with E-state index >= 15 is 0 Å². The number of benzene rings is 1. The molecule has 26 heavy (non-hydrogen) atoms. The summed E-state index contributed by atoms with van der Waals surface area (Å²) in [5, 5.41) is 0. The average molecular weight is 397 g/mol. The van der Waals surface area contributed by atoms with Gasteiger partial charge in [0.2, 0.25) is 0 Å². The fourth-order valence-electron chi connectivity index (χ4n) is 3.27. The first-order valence-electron chi connectivity index (χ1n) is 9.05. The predicted molar refractivity (Wildman–Crippen MR) is 108 cm³/mol. The molecule has 0 radical (unpaired) electrons. The number of hydrogen-bond donors (Lipinski definition) is 0. The van der Waals surface area contributed by atoms with E-state index in [2.05, 4.69) is 39.3 Å². The monoisotopic (exact) mass is 396 g/mol. The van der Waals surface area contributed by atoms with Crippen LogP contribution in [0.2, 0.25) is 39.3 Å². The second-order valence-corrected chi connectivity index (χ2v) is 17.6. The van der Waals surface area contributed by atoms with Crippen LogP contribution in [-0.4, -0.2) is 42.2 Å². The smallest absolute Gasteiger partial charge is 0.185 e. The number of carbonyl (C=O) groups is 1. The van der Waals surface area contributed by atoms with Gasteiger partial charge >= 0.3 is 0 Å². The van der Waals surface area contributed by atoms with E-state index in [0.717, 1.165) is 5.56 Å². The van der Waals surface area contributed by atoms with Crippen molar-refractivity contribution in [2.75, 3.05) is 14.2 Å². The highest BCUT2D eigenvalue weighted by Crippen LogP contribution is 2.50. The summed E-state index contributed by atoms with van der Waals surface area (Å²) in [6.45, 7) is 12.7. The Morgan fingerprint density at radius 3 is 2.04 bits per heavy atom. The SMILES string of the molecule is COc1ccc(OC)c(C(O[Si](C)(C)C)C2(O[Si](C)(C)C)CCC2=O)c1. The second kappa shape index (κ2) is 7.46. The van der Waals surface area contributed by atoms with Crippen LogP contribution < -0.4 is 9.47 Å².